The molecule has 59 heavy (non-hydrogen) atoms. The molecule has 6 heteroatoms. The molecule has 0 spiro atoms. The van der Waals surface area contributed by atoms with Gasteiger partial charge in [0.25, 0.3) is 0 Å². The SMILES string of the molecule is c1ccc(-c2nc(-c3cccc(-c4ccccc4-c4ccccc4-c4cccc(-c5nc(-c6ccccc6)nc(-c6ccccc6)n5)c4)c3)cc(-c3ccco3)n2)cc1. The van der Waals surface area contributed by atoms with Crippen LogP contribution < -0.4 is 0 Å². The fourth-order valence-electron chi connectivity index (χ4n) is 7.41. The minimum absolute atomic E-state index is 0.615. The van der Waals surface area contributed by atoms with Gasteiger partial charge in [-0.25, -0.2) is 24.9 Å². The van der Waals surface area contributed by atoms with E-state index in [0.717, 1.165) is 72.6 Å². The topological polar surface area (TPSA) is 77.6 Å². The number of rotatable bonds is 9. The molecule has 0 aliphatic heterocycles. The molecule has 0 N–H and O–H groups in total. The van der Waals surface area contributed by atoms with Gasteiger partial charge in [-0.1, -0.05) is 176 Å². The van der Waals surface area contributed by atoms with Crippen LogP contribution in [0.15, 0.2) is 217 Å². The average Bonchev–Trinajstić information content (AvgIpc) is 3.88. The molecule has 6 nitrogen and oxygen atoms in total. The Morgan fingerprint density at radius 1 is 0.254 bits per heavy atom. The van der Waals surface area contributed by atoms with Crippen molar-refractivity contribution in [2.75, 3.05) is 0 Å². The highest BCUT2D eigenvalue weighted by molar-refractivity contribution is 5.93. The minimum Gasteiger partial charge on any atom is -0.463 e. The Kier molecular flexibility index (Phi) is 9.47. The van der Waals surface area contributed by atoms with Crippen molar-refractivity contribution in [1.82, 2.24) is 24.9 Å². The molecule has 278 valence electrons. The fourth-order valence-corrected chi connectivity index (χ4v) is 7.41. The van der Waals surface area contributed by atoms with Crippen LogP contribution in [-0.2, 0) is 0 Å². The third kappa shape index (κ3) is 7.34. The van der Waals surface area contributed by atoms with Gasteiger partial charge in [0, 0.05) is 27.8 Å². The largest absolute Gasteiger partial charge is 0.463 e. The summed E-state index contributed by atoms with van der Waals surface area (Å²) in [5.74, 6) is 3.21. The van der Waals surface area contributed by atoms with E-state index in [9.17, 15) is 0 Å². The summed E-state index contributed by atoms with van der Waals surface area (Å²) in [5.41, 5.74) is 12.8. The maximum Gasteiger partial charge on any atom is 0.164 e. The number of hydrogen-bond donors (Lipinski definition) is 0. The zero-order valence-electron chi connectivity index (χ0n) is 31.9. The van der Waals surface area contributed by atoms with Crippen molar-refractivity contribution < 1.29 is 4.42 Å². The summed E-state index contributed by atoms with van der Waals surface area (Å²) in [6, 6.07) is 70.2. The first-order chi connectivity index (χ1) is 29.2. The molecule has 10 aromatic rings. The standard InChI is InChI=1S/C53H35N5O/c1-4-17-36(18-5-1)50-54-47(35-48(55-50)49-31-16-32-59-49)41-25-14-23-39(33-41)43-27-10-12-29-45(43)46-30-13-11-28-44(46)40-24-15-26-42(34-40)53-57-51(37-19-6-2-7-20-37)56-52(58-53)38-21-8-3-9-22-38/h1-35H. The van der Waals surface area contributed by atoms with Crippen molar-refractivity contribution in [3.05, 3.63) is 213 Å². The van der Waals surface area contributed by atoms with Crippen LogP contribution in [0.25, 0.3) is 102 Å². The third-order valence-electron chi connectivity index (χ3n) is 10.3. The molecule has 0 saturated carbocycles. The lowest BCUT2D eigenvalue weighted by Gasteiger charge is -2.16. The van der Waals surface area contributed by atoms with E-state index in [2.05, 4.69) is 97.1 Å². The van der Waals surface area contributed by atoms with Gasteiger partial charge >= 0.3 is 0 Å². The maximum atomic E-state index is 5.79. The average molecular weight is 758 g/mol. The normalized spacial score (nSPS) is 11.1. The Hall–Kier alpha value is -8.09. The van der Waals surface area contributed by atoms with Crippen LogP contribution in [-0.4, -0.2) is 24.9 Å². The van der Waals surface area contributed by atoms with Gasteiger partial charge < -0.3 is 4.42 Å². The van der Waals surface area contributed by atoms with Gasteiger partial charge in [0.15, 0.2) is 29.1 Å². The molecule has 0 aliphatic carbocycles. The van der Waals surface area contributed by atoms with Crippen molar-refractivity contribution in [3.8, 4) is 102 Å². The summed E-state index contributed by atoms with van der Waals surface area (Å²) in [6.45, 7) is 0. The van der Waals surface area contributed by atoms with Crippen LogP contribution in [0.2, 0.25) is 0 Å². The van der Waals surface area contributed by atoms with Gasteiger partial charge in [-0.15, -0.1) is 0 Å². The van der Waals surface area contributed by atoms with Crippen LogP contribution in [0.5, 0.6) is 0 Å². The Bertz CT molecular complexity index is 2980. The lowest BCUT2D eigenvalue weighted by atomic mass is 9.88. The van der Waals surface area contributed by atoms with Crippen LogP contribution >= 0.6 is 0 Å². The van der Waals surface area contributed by atoms with Crippen molar-refractivity contribution in [1.29, 1.82) is 0 Å². The van der Waals surface area contributed by atoms with Crippen molar-refractivity contribution >= 4 is 0 Å². The monoisotopic (exact) mass is 757 g/mol. The molecular weight excluding hydrogens is 723 g/mol. The van der Waals surface area contributed by atoms with Crippen LogP contribution in [0.4, 0.5) is 0 Å². The minimum atomic E-state index is 0.615. The molecule has 3 heterocycles. The molecule has 0 fully saturated rings. The summed E-state index contributed by atoms with van der Waals surface area (Å²) in [5, 5.41) is 0. The number of benzene rings is 7. The second kappa shape index (κ2) is 15.8. The molecule has 3 aromatic heterocycles. The molecule has 0 bridgehead atoms. The molecule has 0 radical (unpaired) electrons. The van der Waals surface area contributed by atoms with E-state index < -0.39 is 0 Å². The molecule has 0 amide bonds. The van der Waals surface area contributed by atoms with Crippen LogP contribution in [0, 0.1) is 0 Å². The van der Waals surface area contributed by atoms with E-state index in [1.807, 2.05) is 109 Å². The lowest BCUT2D eigenvalue weighted by molar-refractivity contribution is 0.580. The summed E-state index contributed by atoms with van der Waals surface area (Å²) in [6.07, 6.45) is 1.67. The van der Waals surface area contributed by atoms with Gasteiger partial charge in [-0.3, -0.25) is 0 Å². The van der Waals surface area contributed by atoms with Gasteiger partial charge in [0.2, 0.25) is 0 Å². The fraction of sp³-hybridized carbons (Fsp3) is 0. The summed E-state index contributed by atoms with van der Waals surface area (Å²) in [4.78, 5) is 24.9. The van der Waals surface area contributed by atoms with E-state index in [1.165, 1.54) is 0 Å². The Morgan fingerprint density at radius 2 is 0.644 bits per heavy atom. The molecule has 0 atom stereocenters. The van der Waals surface area contributed by atoms with E-state index in [1.54, 1.807) is 6.26 Å². The van der Waals surface area contributed by atoms with Gasteiger partial charge in [0.05, 0.1) is 12.0 Å². The summed E-state index contributed by atoms with van der Waals surface area (Å²) < 4.78 is 5.79. The molecular formula is C53H35N5O. The Labute approximate surface area is 342 Å². The number of nitrogens with zero attached hydrogens (tertiary/aromatic N) is 5. The number of furan rings is 1. The third-order valence-corrected chi connectivity index (χ3v) is 10.3. The van der Waals surface area contributed by atoms with Crippen LogP contribution in [0.3, 0.4) is 0 Å². The van der Waals surface area contributed by atoms with Crippen molar-refractivity contribution in [2.45, 2.75) is 0 Å². The smallest absolute Gasteiger partial charge is 0.164 e. The maximum absolute atomic E-state index is 5.79. The molecule has 0 aliphatic rings. The zero-order valence-corrected chi connectivity index (χ0v) is 31.9. The van der Waals surface area contributed by atoms with Crippen molar-refractivity contribution in [3.63, 3.8) is 0 Å². The second-order valence-electron chi connectivity index (χ2n) is 14.1. The van der Waals surface area contributed by atoms with Gasteiger partial charge in [-0.05, 0) is 63.7 Å². The molecule has 0 unspecified atom stereocenters. The van der Waals surface area contributed by atoms with E-state index in [4.69, 9.17) is 29.3 Å². The zero-order chi connectivity index (χ0) is 39.4. The molecule has 0 saturated heterocycles. The molecule has 7 aromatic carbocycles. The second-order valence-corrected chi connectivity index (χ2v) is 14.1. The quantitative estimate of drug-likeness (QED) is 0.146. The van der Waals surface area contributed by atoms with E-state index in [0.29, 0.717) is 29.1 Å². The van der Waals surface area contributed by atoms with Crippen LogP contribution in [0.1, 0.15) is 0 Å². The summed E-state index contributed by atoms with van der Waals surface area (Å²) in [7, 11) is 0. The highest BCUT2D eigenvalue weighted by Gasteiger charge is 2.17. The van der Waals surface area contributed by atoms with Crippen molar-refractivity contribution in [2.24, 2.45) is 0 Å². The highest BCUT2D eigenvalue weighted by Crippen LogP contribution is 2.40. The number of aromatic nitrogens is 5. The van der Waals surface area contributed by atoms with E-state index in [-0.39, 0.29) is 0 Å². The first-order valence-electron chi connectivity index (χ1n) is 19.5. The van der Waals surface area contributed by atoms with Gasteiger partial charge in [0.1, 0.15) is 5.69 Å². The predicted octanol–water partition coefficient (Wildman–Crippen LogP) is 13.3. The first kappa shape index (κ1) is 35.3. The summed E-state index contributed by atoms with van der Waals surface area (Å²) >= 11 is 0. The van der Waals surface area contributed by atoms with E-state index >= 15 is 0 Å². The first-order valence-corrected chi connectivity index (χ1v) is 19.5. The highest BCUT2D eigenvalue weighted by atomic mass is 16.3. The Morgan fingerprint density at radius 3 is 1.15 bits per heavy atom. The van der Waals surface area contributed by atoms with Gasteiger partial charge in [-0.2, -0.15) is 0 Å². The number of hydrogen-bond acceptors (Lipinski definition) is 6. The Balaban J connectivity index is 1.05. The predicted molar refractivity (Wildman–Crippen MR) is 237 cm³/mol. The molecule has 10 rings (SSSR count). The lowest BCUT2D eigenvalue weighted by Crippen LogP contribution is -2.00.